The third-order valence-corrected chi connectivity index (χ3v) is 1.99. The highest BCUT2D eigenvalue weighted by molar-refractivity contribution is 6.18. The number of carbonyl (C=O) groups excluding carboxylic acids is 1. The van der Waals surface area contributed by atoms with Crippen LogP contribution in [-0.2, 0) is 0 Å². The van der Waals surface area contributed by atoms with Crippen LogP contribution in [0.5, 0.6) is 0 Å². The van der Waals surface area contributed by atoms with Crippen molar-refractivity contribution in [3.8, 4) is 11.8 Å². The lowest BCUT2D eigenvalue weighted by molar-refractivity contribution is 0.101. The van der Waals surface area contributed by atoms with Crippen molar-refractivity contribution in [1.29, 1.82) is 0 Å². The minimum Gasteiger partial charge on any atom is -0.294 e. The van der Waals surface area contributed by atoms with Gasteiger partial charge in [0.2, 0.25) is 0 Å². The monoisotopic (exact) mass is 224 g/mol. The van der Waals surface area contributed by atoms with Crippen LogP contribution in [0, 0.1) is 17.7 Å². The molecule has 1 aromatic carbocycles. The Balaban J connectivity index is 3.08. The second-order valence-electron chi connectivity index (χ2n) is 2.99. The first kappa shape index (κ1) is 11.7. The fraction of sp³-hybridized carbons (Fsp3) is 0.250. The van der Waals surface area contributed by atoms with Crippen LogP contribution in [0.1, 0.15) is 29.3 Å². The van der Waals surface area contributed by atoms with E-state index in [9.17, 15) is 9.18 Å². The highest BCUT2D eigenvalue weighted by Crippen LogP contribution is 2.11. The molecule has 0 amide bonds. The van der Waals surface area contributed by atoms with E-state index in [2.05, 4.69) is 11.8 Å². The second-order valence-corrected chi connectivity index (χ2v) is 3.36. The van der Waals surface area contributed by atoms with Crippen molar-refractivity contribution in [3.63, 3.8) is 0 Å². The summed E-state index contributed by atoms with van der Waals surface area (Å²) in [5, 5.41) is 0. The number of benzene rings is 1. The van der Waals surface area contributed by atoms with Crippen LogP contribution < -0.4 is 0 Å². The van der Waals surface area contributed by atoms with Crippen molar-refractivity contribution in [1.82, 2.24) is 0 Å². The van der Waals surface area contributed by atoms with Crippen LogP contribution in [0.2, 0.25) is 0 Å². The number of hydrogen-bond donors (Lipinski definition) is 0. The Bertz CT molecular complexity index is 429. The van der Waals surface area contributed by atoms with Crippen molar-refractivity contribution >= 4 is 17.4 Å². The molecule has 0 aliphatic carbocycles. The maximum absolute atomic E-state index is 12.9. The van der Waals surface area contributed by atoms with E-state index in [-0.39, 0.29) is 5.78 Å². The van der Waals surface area contributed by atoms with Gasteiger partial charge in [-0.3, -0.25) is 4.79 Å². The van der Waals surface area contributed by atoms with E-state index in [1.807, 2.05) is 0 Å². The quantitative estimate of drug-likeness (QED) is 0.429. The Morgan fingerprint density at radius 2 is 2.27 bits per heavy atom. The third-order valence-electron chi connectivity index (χ3n) is 1.80. The maximum atomic E-state index is 12.9. The molecule has 0 aromatic heterocycles. The Kier molecular flexibility index (Phi) is 4.33. The summed E-state index contributed by atoms with van der Waals surface area (Å²) in [5.41, 5.74) is 0.867. The van der Waals surface area contributed by atoms with Gasteiger partial charge in [0.05, 0.1) is 0 Å². The molecule has 0 fully saturated rings. The minimum absolute atomic E-state index is 0.190. The molecule has 1 rings (SSSR count). The summed E-state index contributed by atoms with van der Waals surface area (Å²) in [7, 11) is 0. The van der Waals surface area contributed by atoms with Crippen molar-refractivity contribution in [2.45, 2.75) is 13.3 Å². The predicted molar refractivity (Wildman–Crippen MR) is 58.6 cm³/mol. The number of Topliss-reactive ketones (excluding diaryl/α,β-unsaturated/α-hetero) is 1. The van der Waals surface area contributed by atoms with Gasteiger partial charge in [-0.2, -0.15) is 0 Å². The fourth-order valence-corrected chi connectivity index (χ4v) is 1.22. The van der Waals surface area contributed by atoms with Gasteiger partial charge in [-0.1, -0.05) is 11.8 Å². The zero-order valence-corrected chi connectivity index (χ0v) is 9.07. The first-order valence-corrected chi connectivity index (χ1v) is 5.04. The number of alkyl halides is 1. The Morgan fingerprint density at radius 3 is 2.87 bits per heavy atom. The summed E-state index contributed by atoms with van der Waals surface area (Å²) in [6, 6.07) is 4.00. The summed E-state index contributed by atoms with van der Waals surface area (Å²) in [4.78, 5) is 11.2. The predicted octanol–water partition coefficient (Wildman–Crippen LogP) is 3.01. The number of halogens is 2. The number of carbonyl (C=O) groups is 1. The van der Waals surface area contributed by atoms with E-state index >= 15 is 0 Å². The van der Waals surface area contributed by atoms with Gasteiger partial charge in [-0.05, 0) is 25.1 Å². The molecule has 0 saturated carbocycles. The van der Waals surface area contributed by atoms with Crippen LogP contribution in [0.4, 0.5) is 4.39 Å². The number of hydrogen-bond acceptors (Lipinski definition) is 1. The molecular weight excluding hydrogens is 215 g/mol. The van der Waals surface area contributed by atoms with Crippen LogP contribution in [-0.4, -0.2) is 11.7 Å². The minimum atomic E-state index is -0.428. The van der Waals surface area contributed by atoms with E-state index in [1.54, 1.807) is 0 Å². The highest BCUT2D eigenvalue weighted by atomic mass is 35.5. The van der Waals surface area contributed by atoms with Crippen molar-refractivity contribution in [3.05, 3.63) is 35.1 Å². The van der Waals surface area contributed by atoms with Crippen molar-refractivity contribution < 1.29 is 9.18 Å². The average molecular weight is 225 g/mol. The second kappa shape index (κ2) is 5.53. The lowest BCUT2D eigenvalue weighted by Gasteiger charge is -1.99. The number of rotatable bonds is 2. The zero-order valence-electron chi connectivity index (χ0n) is 8.31. The smallest absolute Gasteiger partial charge is 0.161 e. The molecule has 0 N–H and O–H groups in total. The van der Waals surface area contributed by atoms with Gasteiger partial charge in [-0.15, -0.1) is 11.6 Å². The van der Waals surface area contributed by atoms with Gasteiger partial charge in [0.15, 0.2) is 5.78 Å². The van der Waals surface area contributed by atoms with Crippen LogP contribution >= 0.6 is 11.6 Å². The molecule has 0 bridgehead atoms. The van der Waals surface area contributed by atoms with Gasteiger partial charge in [-0.25, -0.2) is 4.39 Å². The van der Waals surface area contributed by atoms with E-state index in [0.29, 0.717) is 23.4 Å². The highest BCUT2D eigenvalue weighted by Gasteiger charge is 2.06. The van der Waals surface area contributed by atoms with Gasteiger partial charge in [0.25, 0.3) is 0 Å². The SMILES string of the molecule is CC(=O)c1cc(F)ccc1C#CCCCl. The van der Waals surface area contributed by atoms with E-state index in [4.69, 9.17) is 11.6 Å². The lowest BCUT2D eigenvalue weighted by Crippen LogP contribution is -1.97. The molecule has 0 unspecified atom stereocenters. The first-order valence-electron chi connectivity index (χ1n) is 4.50. The Hall–Kier alpha value is -1.33. The Morgan fingerprint density at radius 1 is 1.53 bits per heavy atom. The van der Waals surface area contributed by atoms with Gasteiger partial charge < -0.3 is 0 Å². The number of ketones is 1. The molecule has 1 aromatic rings. The summed E-state index contributed by atoms with van der Waals surface area (Å²) < 4.78 is 12.9. The van der Waals surface area contributed by atoms with Gasteiger partial charge >= 0.3 is 0 Å². The summed E-state index contributed by atoms with van der Waals surface area (Å²) in [6.07, 6.45) is 0.552. The molecule has 0 heterocycles. The summed E-state index contributed by atoms with van der Waals surface area (Å²) in [6.45, 7) is 1.39. The molecule has 1 nitrogen and oxygen atoms in total. The largest absolute Gasteiger partial charge is 0.294 e. The van der Waals surface area contributed by atoms with E-state index in [1.165, 1.54) is 25.1 Å². The summed E-state index contributed by atoms with van der Waals surface area (Å²) in [5.74, 6) is 5.44. The fourth-order valence-electron chi connectivity index (χ4n) is 1.12. The normalized spacial score (nSPS) is 9.27. The van der Waals surface area contributed by atoms with Crippen molar-refractivity contribution in [2.24, 2.45) is 0 Å². The van der Waals surface area contributed by atoms with Crippen LogP contribution in [0.15, 0.2) is 18.2 Å². The zero-order chi connectivity index (χ0) is 11.3. The topological polar surface area (TPSA) is 17.1 Å². The standard InChI is InChI=1S/C12H10ClFO/c1-9(15)12-8-11(14)6-5-10(12)4-2-3-7-13/h5-6,8H,3,7H2,1H3. The van der Waals surface area contributed by atoms with E-state index in [0.717, 1.165) is 0 Å². The van der Waals surface area contributed by atoms with Gasteiger partial charge in [0, 0.05) is 23.4 Å². The molecule has 3 heteroatoms. The molecule has 0 aliphatic heterocycles. The molecule has 0 aliphatic rings. The van der Waals surface area contributed by atoms with Crippen LogP contribution in [0.3, 0.4) is 0 Å². The molecule has 15 heavy (non-hydrogen) atoms. The van der Waals surface area contributed by atoms with Crippen LogP contribution in [0.25, 0.3) is 0 Å². The molecule has 0 saturated heterocycles. The lowest BCUT2D eigenvalue weighted by atomic mass is 10.0. The van der Waals surface area contributed by atoms with E-state index < -0.39 is 5.82 Å². The molecule has 0 atom stereocenters. The molecule has 78 valence electrons. The average Bonchev–Trinajstić information content (AvgIpc) is 2.20. The first-order chi connectivity index (χ1) is 7.15. The van der Waals surface area contributed by atoms with Crippen molar-refractivity contribution in [2.75, 3.05) is 5.88 Å². The van der Waals surface area contributed by atoms with Gasteiger partial charge in [0.1, 0.15) is 5.82 Å². The molecule has 0 spiro atoms. The maximum Gasteiger partial charge on any atom is 0.161 e. The Labute approximate surface area is 93.3 Å². The molecule has 0 radical (unpaired) electrons. The third kappa shape index (κ3) is 3.38. The summed E-state index contributed by atoms with van der Waals surface area (Å²) >= 11 is 5.47. The molecular formula is C12H10ClFO.